The summed E-state index contributed by atoms with van der Waals surface area (Å²) in [6, 6.07) is 10.7. The van der Waals surface area contributed by atoms with E-state index in [1.165, 1.54) is 36.4 Å². The Kier molecular flexibility index (Phi) is 3.04. The normalized spacial score (nSPS) is 17.2. The molecule has 1 aliphatic rings. The third-order valence-electron chi connectivity index (χ3n) is 3.72. The lowest BCUT2D eigenvalue weighted by molar-refractivity contribution is 0.288. The van der Waals surface area contributed by atoms with Crippen LogP contribution in [-0.4, -0.2) is 15.9 Å². The van der Waals surface area contributed by atoms with Gasteiger partial charge in [0, 0.05) is 18.1 Å². The maximum absolute atomic E-state index is 4.67. The summed E-state index contributed by atoms with van der Waals surface area (Å²) in [4.78, 5) is 4.67. The fraction of sp³-hybridized carbons (Fsp3) is 0.429. The fourth-order valence-corrected chi connectivity index (χ4v) is 3.29. The summed E-state index contributed by atoms with van der Waals surface area (Å²) in [5.74, 6) is 1.00. The SMILES string of the molecule is CCNc1nc(C2(c3ccccc3)CCC2)ns1. The van der Waals surface area contributed by atoms with Gasteiger partial charge in [-0.2, -0.15) is 4.37 Å². The van der Waals surface area contributed by atoms with Crippen molar-refractivity contribution < 1.29 is 0 Å². The van der Waals surface area contributed by atoms with Crippen molar-refractivity contribution >= 4 is 16.7 Å². The van der Waals surface area contributed by atoms with Gasteiger partial charge in [0.25, 0.3) is 0 Å². The Labute approximate surface area is 111 Å². The minimum atomic E-state index is 0.0748. The summed E-state index contributed by atoms with van der Waals surface area (Å²) in [5.41, 5.74) is 1.43. The van der Waals surface area contributed by atoms with Gasteiger partial charge in [-0.15, -0.1) is 0 Å². The molecule has 1 N–H and O–H groups in total. The number of nitrogens with zero attached hydrogens (tertiary/aromatic N) is 2. The molecule has 3 rings (SSSR count). The van der Waals surface area contributed by atoms with Gasteiger partial charge in [-0.05, 0) is 25.3 Å². The van der Waals surface area contributed by atoms with Crippen LogP contribution in [0.5, 0.6) is 0 Å². The molecule has 0 unspecified atom stereocenters. The first-order valence-electron chi connectivity index (χ1n) is 6.49. The van der Waals surface area contributed by atoms with Crippen LogP contribution in [0.25, 0.3) is 0 Å². The van der Waals surface area contributed by atoms with Gasteiger partial charge in [-0.25, -0.2) is 4.98 Å². The van der Waals surface area contributed by atoms with Gasteiger partial charge in [0.2, 0.25) is 5.13 Å². The molecule has 94 valence electrons. The number of anilines is 1. The van der Waals surface area contributed by atoms with Gasteiger partial charge < -0.3 is 5.32 Å². The molecule has 1 aromatic heterocycles. The Bertz CT molecular complexity index is 517. The standard InChI is InChI=1S/C14H17N3S/c1-2-15-13-16-12(17-18-13)14(9-6-10-14)11-7-4-3-5-8-11/h3-5,7-8H,2,6,9-10H2,1H3,(H,15,16,17). The van der Waals surface area contributed by atoms with E-state index in [1.807, 2.05) is 0 Å². The van der Waals surface area contributed by atoms with E-state index >= 15 is 0 Å². The summed E-state index contributed by atoms with van der Waals surface area (Å²) in [6.07, 6.45) is 3.60. The zero-order chi connectivity index (χ0) is 12.4. The van der Waals surface area contributed by atoms with Crippen LogP contribution in [0.3, 0.4) is 0 Å². The molecule has 0 radical (unpaired) electrons. The molecule has 3 nitrogen and oxygen atoms in total. The largest absolute Gasteiger partial charge is 0.361 e. The van der Waals surface area contributed by atoms with Gasteiger partial charge in [0.1, 0.15) is 0 Å². The van der Waals surface area contributed by atoms with Crippen molar-refractivity contribution in [3.8, 4) is 0 Å². The molecule has 1 fully saturated rings. The minimum absolute atomic E-state index is 0.0748. The zero-order valence-corrected chi connectivity index (χ0v) is 11.3. The van der Waals surface area contributed by atoms with Gasteiger partial charge >= 0.3 is 0 Å². The number of aromatic nitrogens is 2. The van der Waals surface area contributed by atoms with Crippen molar-refractivity contribution in [3.05, 3.63) is 41.7 Å². The Morgan fingerprint density at radius 1 is 1.28 bits per heavy atom. The lowest BCUT2D eigenvalue weighted by atomic mass is 9.64. The predicted octanol–water partition coefficient (Wildman–Crippen LogP) is 3.44. The van der Waals surface area contributed by atoms with E-state index < -0.39 is 0 Å². The topological polar surface area (TPSA) is 37.8 Å². The fourth-order valence-electron chi connectivity index (χ4n) is 2.57. The third-order valence-corrected chi connectivity index (χ3v) is 4.39. The molecule has 0 bridgehead atoms. The Morgan fingerprint density at radius 2 is 2.06 bits per heavy atom. The Morgan fingerprint density at radius 3 is 2.67 bits per heavy atom. The monoisotopic (exact) mass is 259 g/mol. The maximum Gasteiger partial charge on any atom is 0.202 e. The highest BCUT2D eigenvalue weighted by atomic mass is 32.1. The highest BCUT2D eigenvalue weighted by molar-refractivity contribution is 7.09. The molecule has 0 aliphatic heterocycles. The Hall–Kier alpha value is -1.42. The summed E-state index contributed by atoms with van der Waals surface area (Å²) in [6.45, 7) is 2.98. The first kappa shape index (κ1) is 11.7. The molecular formula is C14H17N3S. The van der Waals surface area contributed by atoms with Crippen LogP contribution in [0.15, 0.2) is 30.3 Å². The van der Waals surface area contributed by atoms with Crippen molar-refractivity contribution in [2.75, 3.05) is 11.9 Å². The number of nitrogens with one attached hydrogen (secondary N) is 1. The van der Waals surface area contributed by atoms with E-state index in [4.69, 9.17) is 0 Å². The second-order valence-corrected chi connectivity index (χ2v) is 5.51. The molecule has 2 aromatic rings. The number of rotatable bonds is 4. The van der Waals surface area contributed by atoms with Gasteiger partial charge in [-0.3, -0.25) is 0 Å². The first-order valence-corrected chi connectivity index (χ1v) is 7.26. The number of hydrogen-bond acceptors (Lipinski definition) is 4. The Balaban J connectivity index is 1.96. The van der Waals surface area contributed by atoms with E-state index in [1.54, 1.807) is 0 Å². The zero-order valence-electron chi connectivity index (χ0n) is 10.5. The molecule has 1 heterocycles. The molecular weight excluding hydrogens is 242 g/mol. The van der Waals surface area contributed by atoms with Gasteiger partial charge in [-0.1, -0.05) is 36.8 Å². The second kappa shape index (κ2) is 4.69. The lowest BCUT2D eigenvalue weighted by Gasteiger charge is -2.40. The average Bonchev–Trinajstić information content (AvgIpc) is 2.79. The molecule has 1 aliphatic carbocycles. The molecule has 0 amide bonds. The summed E-state index contributed by atoms with van der Waals surface area (Å²) >= 11 is 1.47. The molecule has 4 heteroatoms. The van der Waals surface area contributed by atoms with E-state index in [-0.39, 0.29) is 5.41 Å². The van der Waals surface area contributed by atoms with Crippen LogP contribution in [0.4, 0.5) is 5.13 Å². The predicted molar refractivity (Wildman–Crippen MR) is 75.1 cm³/mol. The second-order valence-electron chi connectivity index (χ2n) is 4.76. The van der Waals surface area contributed by atoms with Crippen LogP contribution in [-0.2, 0) is 5.41 Å². The highest BCUT2D eigenvalue weighted by Gasteiger charge is 2.43. The lowest BCUT2D eigenvalue weighted by Crippen LogP contribution is -2.36. The van der Waals surface area contributed by atoms with Crippen molar-refractivity contribution in [1.29, 1.82) is 0 Å². The van der Waals surface area contributed by atoms with E-state index in [2.05, 4.69) is 51.9 Å². The summed E-state index contributed by atoms with van der Waals surface area (Å²) < 4.78 is 4.57. The molecule has 0 atom stereocenters. The van der Waals surface area contributed by atoms with Gasteiger partial charge in [0.05, 0.1) is 5.41 Å². The van der Waals surface area contributed by atoms with Crippen molar-refractivity contribution in [3.63, 3.8) is 0 Å². The minimum Gasteiger partial charge on any atom is -0.361 e. The first-order chi connectivity index (χ1) is 8.85. The maximum atomic E-state index is 4.67. The number of hydrogen-bond donors (Lipinski definition) is 1. The van der Waals surface area contributed by atoms with Crippen LogP contribution in [0.1, 0.15) is 37.6 Å². The van der Waals surface area contributed by atoms with E-state index in [9.17, 15) is 0 Å². The summed E-state index contributed by atoms with van der Waals surface area (Å²) in [5, 5.41) is 4.18. The van der Waals surface area contributed by atoms with E-state index in [0.29, 0.717) is 0 Å². The quantitative estimate of drug-likeness (QED) is 0.914. The summed E-state index contributed by atoms with van der Waals surface area (Å²) in [7, 11) is 0. The van der Waals surface area contributed by atoms with Crippen molar-refractivity contribution in [2.45, 2.75) is 31.6 Å². The molecule has 1 saturated carbocycles. The average molecular weight is 259 g/mol. The van der Waals surface area contributed by atoms with Crippen LogP contribution < -0.4 is 5.32 Å². The van der Waals surface area contributed by atoms with Crippen LogP contribution in [0, 0.1) is 0 Å². The van der Waals surface area contributed by atoms with Crippen molar-refractivity contribution in [1.82, 2.24) is 9.36 Å². The van der Waals surface area contributed by atoms with E-state index in [0.717, 1.165) is 17.5 Å². The van der Waals surface area contributed by atoms with Crippen LogP contribution in [0.2, 0.25) is 0 Å². The van der Waals surface area contributed by atoms with Crippen molar-refractivity contribution in [2.24, 2.45) is 0 Å². The third kappa shape index (κ3) is 1.81. The molecule has 0 spiro atoms. The molecule has 1 aromatic carbocycles. The number of benzene rings is 1. The molecule has 0 saturated heterocycles. The van der Waals surface area contributed by atoms with Gasteiger partial charge in [0.15, 0.2) is 5.82 Å². The smallest absolute Gasteiger partial charge is 0.202 e. The van der Waals surface area contributed by atoms with Crippen LogP contribution >= 0.6 is 11.5 Å². The molecule has 18 heavy (non-hydrogen) atoms. The highest BCUT2D eigenvalue weighted by Crippen LogP contribution is 2.48.